The van der Waals surface area contributed by atoms with Crippen LogP contribution >= 0.6 is 0 Å². The molecule has 223 valence electrons. The highest BCUT2D eigenvalue weighted by Crippen LogP contribution is 2.38. The highest BCUT2D eigenvalue weighted by molar-refractivity contribution is 6.08. The van der Waals surface area contributed by atoms with Crippen LogP contribution in [-0.2, 0) is 28.1 Å². The van der Waals surface area contributed by atoms with E-state index in [0.29, 0.717) is 17.8 Å². The summed E-state index contributed by atoms with van der Waals surface area (Å²) in [5.41, 5.74) is 10.3. The summed E-state index contributed by atoms with van der Waals surface area (Å²) in [4.78, 5) is 25.3. The lowest BCUT2D eigenvalue weighted by Crippen LogP contribution is -2.15. The number of ether oxygens (including phenoxy) is 1. The summed E-state index contributed by atoms with van der Waals surface area (Å²) in [6, 6.07) is 40.3. The molecule has 0 saturated heterocycles. The quantitative estimate of drug-likeness (QED) is 0.166. The Morgan fingerprint density at radius 3 is 2.09 bits per heavy atom. The maximum absolute atomic E-state index is 14.2. The SMILES string of the molecule is Cc1ccc(-c2ccc([C]=O)cc2)cc1Cn1c(C(=O)OCc2ccccc2)c(-c2ccc(C(C)(C)C)cc2)c2ccccc21. The molecule has 0 spiro atoms. The highest BCUT2D eigenvalue weighted by Gasteiger charge is 2.26. The van der Waals surface area contributed by atoms with Crippen LogP contribution in [0.15, 0.2) is 121 Å². The van der Waals surface area contributed by atoms with Gasteiger partial charge >= 0.3 is 5.97 Å². The number of carbonyl (C=O) groups is 1. The van der Waals surface area contributed by atoms with Gasteiger partial charge in [0, 0.05) is 28.6 Å². The molecule has 1 heterocycles. The molecule has 4 heteroatoms. The zero-order valence-electron chi connectivity index (χ0n) is 26.1. The first-order valence-corrected chi connectivity index (χ1v) is 15.2. The zero-order valence-corrected chi connectivity index (χ0v) is 26.1. The van der Waals surface area contributed by atoms with Crippen molar-refractivity contribution in [2.24, 2.45) is 0 Å². The third-order valence-electron chi connectivity index (χ3n) is 8.43. The summed E-state index contributed by atoms with van der Waals surface area (Å²) >= 11 is 0. The second kappa shape index (κ2) is 12.4. The predicted octanol–water partition coefficient (Wildman–Crippen LogP) is 9.44. The van der Waals surface area contributed by atoms with E-state index >= 15 is 0 Å². The van der Waals surface area contributed by atoms with Gasteiger partial charge in [0.2, 0.25) is 6.29 Å². The topological polar surface area (TPSA) is 48.3 Å². The molecular formula is C41H36NO3. The van der Waals surface area contributed by atoms with Gasteiger partial charge in [0.15, 0.2) is 0 Å². The Bertz CT molecular complexity index is 1980. The van der Waals surface area contributed by atoms with Gasteiger partial charge in [-0.25, -0.2) is 4.79 Å². The molecule has 6 rings (SSSR count). The molecule has 0 aliphatic carbocycles. The van der Waals surface area contributed by atoms with Crippen LogP contribution in [0.4, 0.5) is 0 Å². The lowest BCUT2D eigenvalue weighted by molar-refractivity contribution is 0.0462. The van der Waals surface area contributed by atoms with Crippen molar-refractivity contribution in [2.75, 3.05) is 0 Å². The van der Waals surface area contributed by atoms with Crippen LogP contribution < -0.4 is 0 Å². The van der Waals surface area contributed by atoms with E-state index in [2.05, 4.69) is 86.9 Å². The highest BCUT2D eigenvalue weighted by atomic mass is 16.5. The second-order valence-corrected chi connectivity index (χ2v) is 12.5. The van der Waals surface area contributed by atoms with Gasteiger partial charge in [-0.05, 0) is 63.4 Å². The van der Waals surface area contributed by atoms with Gasteiger partial charge < -0.3 is 9.30 Å². The molecule has 1 radical (unpaired) electrons. The number of aromatic nitrogens is 1. The molecule has 0 saturated carbocycles. The van der Waals surface area contributed by atoms with E-state index in [0.717, 1.165) is 49.8 Å². The molecule has 0 aliphatic rings. The van der Waals surface area contributed by atoms with E-state index in [-0.39, 0.29) is 18.0 Å². The van der Waals surface area contributed by atoms with Gasteiger partial charge in [-0.15, -0.1) is 0 Å². The Morgan fingerprint density at radius 2 is 1.40 bits per heavy atom. The summed E-state index contributed by atoms with van der Waals surface area (Å²) in [5.74, 6) is -0.362. The van der Waals surface area contributed by atoms with Crippen LogP contribution in [0.5, 0.6) is 0 Å². The van der Waals surface area contributed by atoms with Crippen LogP contribution in [0.2, 0.25) is 0 Å². The van der Waals surface area contributed by atoms with E-state index in [1.54, 1.807) is 12.1 Å². The van der Waals surface area contributed by atoms with Crippen molar-refractivity contribution in [3.63, 3.8) is 0 Å². The number of rotatable bonds is 8. The Balaban J connectivity index is 1.49. The second-order valence-electron chi connectivity index (χ2n) is 12.5. The molecule has 6 aromatic rings. The van der Waals surface area contributed by atoms with Crippen molar-refractivity contribution in [3.8, 4) is 22.3 Å². The fraction of sp³-hybridized carbons (Fsp3) is 0.171. The van der Waals surface area contributed by atoms with Crippen molar-refractivity contribution >= 4 is 23.2 Å². The first-order chi connectivity index (χ1) is 21.7. The molecule has 45 heavy (non-hydrogen) atoms. The van der Waals surface area contributed by atoms with E-state index in [9.17, 15) is 9.59 Å². The number of hydrogen-bond donors (Lipinski definition) is 0. The number of benzene rings is 5. The number of esters is 1. The third kappa shape index (κ3) is 6.23. The van der Waals surface area contributed by atoms with Gasteiger partial charge in [0.1, 0.15) is 12.3 Å². The third-order valence-corrected chi connectivity index (χ3v) is 8.43. The zero-order chi connectivity index (χ0) is 31.6. The van der Waals surface area contributed by atoms with Crippen LogP contribution in [0.25, 0.3) is 33.2 Å². The minimum Gasteiger partial charge on any atom is -0.456 e. The number of fused-ring (bicyclic) bond motifs is 1. The summed E-state index contributed by atoms with van der Waals surface area (Å²) in [7, 11) is 0. The van der Waals surface area contributed by atoms with E-state index in [1.807, 2.05) is 60.9 Å². The summed E-state index contributed by atoms with van der Waals surface area (Å²) in [5, 5.41) is 1.00. The molecule has 0 amide bonds. The fourth-order valence-electron chi connectivity index (χ4n) is 5.82. The lowest BCUT2D eigenvalue weighted by atomic mass is 9.86. The smallest absolute Gasteiger partial charge is 0.355 e. The maximum Gasteiger partial charge on any atom is 0.355 e. The van der Waals surface area contributed by atoms with Crippen LogP contribution in [-0.4, -0.2) is 16.8 Å². The number of para-hydroxylation sites is 1. The van der Waals surface area contributed by atoms with Crippen molar-refractivity contribution in [1.29, 1.82) is 0 Å². The monoisotopic (exact) mass is 590 g/mol. The van der Waals surface area contributed by atoms with Crippen molar-refractivity contribution in [2.45, 2.75) is 46.3 Å². The molecule has 0 atom stereocenters. The Labute approximate surface area is 264 Å². The Kier molecular flexibility index (Phi) is 8.23. The minimum absolute atomic E-state index is 0.0122. The average Bonchev–Trinajstić information content (AvgIpc) is 3.39. The van der Waals surface area contributed by atoms with Gasteiger partial charge in [0.05, 0.1) is 0 Å². The molecule has 0 bridgehead atoms. The first-order valence-electron chi connectivity index (χ1n) is 15.2. The van der Waals surface area contributed by atoms with Crippen molar-refractivity contribution < 1.29 is 14.3 Å². The molecule has 0 aliphatic heterocycles. The molecule has 0 fully saturated rings. The molecular weight excluding hydrogens is 554 g/mol. The normalized spacial score (nSPS) is 11.5. The summed E-state index contributed by atoms with van der Waals surface area (Å²) in [6.45, 7) is 9.36. The fourth-order valence-corrected chi connectivity index (χ4v) is 5.82. The van der Waals surface area contributed by atoms with Crippen molar-refractivity contribution in [1.82, 2.24) is 4.57 Å². The first kappa shape index (κ1) is 29.8. The standard InChI is InChI=1S/C41H36NO3/c1-28-14-17-33(31-18-15-29(26-43)16-19-31)24-34(28)25-42-37-13-9-8-12-36(37)38(32-20-22-35(23-21-32)41(2,3)4)39(42)40(44)45-27-30-10-6-5-7-11-30/h5-24H,25,27H2,1-4H3. The predicted molar refractivity (Wildman–Crippen MR) is 182 cm³/mol. The molecule has 1 aromatic heterocycles. The number of aryl methyl sites for hydroxylation is 1. The van der Waals surface area contributed by atoms with Crippen LogP contribution in [0.1, 0.15) is 59.1 Å². The van der Waals surface area contributed by atoms with Gasteiger partial charge in [-0.3, -0.25) is 4.79 Å². The van der Waals surface area contributed by atoms with E-state index in [4.69, 9.17) is 4.74 Å². The van der Waals surface area contributed by atoms with Crippen molar-refractivity contribution in [3.05, 3.63) is 155 Å². The minimum atomic E-state index is -0.362. The molecule has 4 nitrogen and oxygen atoms in total. The van der Waals surface area contributed by atoms with E-state index < -0.39 is 0 Å². The summed E-state index contributed by atoms with van der Waals surface area (Å²) < 4.78 is 8.12. The number of nitrogens with zero attached hydrogens (tertiary/aromatic N) is 1. The summed E-state index contributed by atoms with van der Waals surface area (Å²) in [6.07, 6.45) is 1.94. The van der Waals surface area contributed by atoms with Gasteiger partial charge in [-0.1, -0.05) is 130 Å². The lowest BCUT2D eigenvalue weighted by Gasteiger charge is -2.19. The number of carbonyl (C=O) groups excluding carboxylic acids is 2. The average molecular weight is 591 g/mol. The van der Waals surface area contributed by atoms with Crippen LogP contribution in [0.3, 0.4) is 0 Å². The number of hydrogen-bond acceptors (Lipinski definition) is 3. The molecule has 0 N–H and O–H groups in total. The Morgan fingerprint density at radius 1 is 0.756 bits per heavy atom. The van der Waals surface area contributed by atoms with E-state index in [1.165, 1.54) is 5.56 Å². The van der Waals surface area contributed by atoms with Crippen LogP contribution in [0, 0.1) is 6.92 Å². The molecule has 0 unspecified atom stereocenters. The largest absolute Gasteiger partial charge is 0.456 e. The Hall–Kier alpha value is -5.22. The van der Waals surface area contributed by atoms with Gasteiger partial charge in [0.25, 0.3) is 0 Å². The molecule has 5 aromatic carbocycles. The van der Waals surface area contributed by atoms with Gasteiger partial charge in [-0.2, -0.15) is 0 Å². The maximum atomic E-state index is 14.2.